The van der Waals surface area contributed by atoms with E-state index in [1.807, 2.05) is 30.5 Å². The Labute approximate surface area is 324 Å². The van der Waals surface area contributed by atoms with Gasteiger partial charge in [0.15, 0.2) is 0 Å². The van der Waals surface area contributed by atoms with Crippen LogP contribution in [0, 0.1) is 30.3 Å². The fourth-order valence-corrected chi connectivity index (χ4v) is 10.1. The average molecular weight is 928 g/mol. The second-order valence-electron chi connectivity index (χ2n) is 16.0. The minimum absolute atomic E-state index is 0. The molecule has 0 aliphatic carbocycles. The second kappa shape index (κ2) is 16.0. The molecule has 0 saturated heterocycles. The number of halogens is 1. The monoisotopic (exact) mass is 929 g/mol. The molecule has 0 aliphatic heterocycles. The van der Waals surface area contributed by atoms with Crippen LogP contribution >= 0.6 is 0 Å². The Bertz CT molecular complexity index is 2300. The summed E-state index contributed by atoms with van der Waals surface area (Å²) in [4.78, 5) is 9.27. The van der Waals surface area contributed by atoms with Crippen LogP contribution in [0.15, 0.2) is 108 Å². The summed E-state index contributed by atoms with van der Waals surface area (Å²) in [6.45, 7) is 13.3. The number of benzene rings is 4. The maximum absolute atomic E-state index is 13.3. The van der Waals surface area contributed by atoms with Crippen molar-refractivity contribution in [2.45, 2.75) is 71.1 Å². The molecule has 52 heavy (non-hydrogen) atoms. The Hall–Kier alpha value is -3.90. The molecule has 7 aromatic rings. The van der Waals surface area contributed by atoms with Crippen LogP contribution in [0.1, 0.15) is 57.2 Å². The maximum atomic E-state index is 13.3. The van der Waals surface area contributed by atoms with Crippen LogP contribution in [0.3, 0.4) is 0 Å². The molecule has 0 amide bonds. The number of aromatic nitrogens is 2. The Kier molecular flexibility index (Phi) is 12.1. The second-order valence-corrected chi connectivity index (χ2v) is 26.6. The van der Waals surface area contributed by atoms with Crippen LogP contribution in [0.2, 0.25) is 17.3 Å². The van der Waals surface area contributed by atoms with Crippen molar-refractivity contribution in [3.63, 3.8) is 0 Å². The summed E-state index contributed by atoms with van der Waals surface area (Å²) in [5.41, 5.74) is 11.5. The zero-order valence-electron chi connectivity index (χ0n) is 31.6. The molecule has 0 spiro atoms. The fourth-order valence-electron chi connectivity index (χ4n) is 6.53. The third-order valence-electron chi connectivity index (χ3n) is 9.12. The van der Waals surface area contributed by atoms with Gasteiger partial charge in [0.1, 0.15) is 11.4 Å². The Morgan fingerprint density at radius 3 is 2.17 bits per heavy atom. The summed E-state index contributed by atoms with van der Waals surface area (Å²) in [7, 11) is 0. The van der Waals surface area contributed by atoms with Gasteiger partial charge in [-0.1, -0.05) is 67.6 Å². The number of hydrogen-bond donors (Lipinski definition) is 0. The summed E-state index contributed by atoms with van der Waals surface area (Å²) in [5, 5.41) is 2.08. The Morgan fingerprint density at radius 1 is 0.808 bits per heavy atom. The van der Waals surface area contributed by atoms with Gasteiger partial charge in [-0.2, -0.15) is 0 Å². The molecule has 3 aromatic heterocycles. The molecule has 3 nitrogen and oxygen atoms in total. The molecule has 4 aromatic carbocycles. The van der Waals surface area contributed by atoms with Crippen molar-refractivity contribution in [3.8, 4) is 33.6 Å². The number of furan rings is 1. The summed E-state index contributed by atoms with van der Waals surface area (Å²) >= 11 is -1.80. The van der Waals surface area contributed by atoms with E-state index in [1.54, 1.807) is 12.1 Å². The first-order valence-corrected chi connectivity index (χ1v) is 25.1. The average Bonchev–Trinajstić information content (AvgIpc) is 3.46. The van der Waals surface area contributed by atoms with Crippen LogP contribution in [0.25, 0.3) is 55.6 Å². The Balaban J connectivity index is 0.000000217. The van der Waals surface area contributed by atoms with E-state index in [1.165, 1.54) is 33.2 Å². The third-order valence-corrected chi connectivity index (χ3v) is 13.6. The van der Waals surface area contributed by atoms with Gasteiger partial charge in [-0.15, -0.1) is 18.2 Å². The van der Waals surface area contributed by atoms with E-state index in [0.29, 0.717) is 5.92 Å². The van der Waals surface area contributed by atoms with E-state index in [2.05, 4.69) is 130 Å². The minimum atomic E-state index is -1.80. The van der Waals surface area contributed by atoms with Gasteiger partial charge in [0.25, 0.3) is 0 Å². The van der Waals surface area contributed by atoms with Crippen LogP contribution in [-0.4, -0.2) is 23.2 Å². The van der Waals surface area contributed by atoms with E-state index < -0.39 is 13.3 Å². The van der Waals surface area contributed by atoms with Crippen LogP contribution in [0.4, 0.5) is 4.39 Å². The SMILES string of the molecule is CC(C)(C)Cc1ccnc(-c2[c-]ccc3c2oc2cc(-c4ccc(F)cc4)ccc23)c1.Cc1cc(-c2[c-]cc(C(C)C)cc2)nc[c]1[Ge]([CH3])([CH3])[CH3].[Ir]. The maximum Gasteiger partial charge on any atom is 0 e. The molecule has 3 heterocycles. The fraction of sp³-hybridized carbons (Fsp3) is 0.261. The van der Waals surface area contributed by atoms with E-state index in [4.69, 9.17) is 4.42 Å². The predicted octanol–water partition coefficient (Wildman–Crippen LogP) is 12.4. The normalized spacial score (nSPS) is 11.8. The number of pyridine rings is 2. The zero-order valence-corrected chi connectivity index (χ0v) is 36.1. The molecule has 0 unspecified atom stereocenters. The summed E-state index contributed by atoms with van der Waals surface area (Å²) in [5.74, 6) is 7.54. The third kappa shape index (κ3) is 9.17. The van der Waals surface area contributed by atoms with Crippen molar-refractivity contribution in [1.82, 2.24) is 9.97 Å². The number of fused-ring (bicyclic) bond motifs is 3. The minimum Gasteiger partial charge on any atom is 0 e. The molecule has 269 valence electrons. The van der Waals surface area contributed by atoms with Crippen LogP contribution in [-0.2, 0) is 26.5 Å². The van der Waals surface area contributed by atoms with E-state index in [9.17, 15) is 4.39 Å². The van der Waals surface area contributed by atoms with Crippen molar-refractivity contribution < 1.29 is 28.9 Å². The van der Waals surface area contributed by atoms with Crippen molar-refractivity contribution >= 4 is 39.6 Å². The quantitative estimate of drug-likeness (QED) is 0.123. The molecule has 6 heteroatoms. The van der Waals surface area contributed by atoms with Gasteiger partial charge in [0.2, 0.25) is 0 Å². The standard InChI is InChI=1S/C28H23FNO.C18H24GeN.Ir/c1-28(2,3)17-18-13-14-30-25(15-18)24-6-4-5-23-22-12-9-20(16-26(22)31-27(23)24)19-7-10-21(29)11-8-19;1-13(2)15-7-9-16(10-8-15)18-11-14(3)17(12-20-18)19(4,5)6;/h4-5,7-16H,17H2,1-3H3;7-9,11-13H,1-6H3;/q2*-1;. The topological polar surface area (TPSA) is 38.9 Å². The largest absolute Gasteiger partial charge is 0 e. The molecule has 0 fully saturated rings. The molecular formula is C46H47FGeIrN2O-2. The number of rotatable bonds is 6. The van der Waals surface area contributed by atoms with Crippen molar-refractivity contribution in [1.29, 1.82) is 0 Å². The van der Waals surface area contributed by atoms with Crippen molar-refractivity contribution in [2.24, 2.45) is 5.41 Å². The molecule has 1 radical (unpaired) electrons. The molecule has 0 aliphatic rings. The molecule has 0 atom stereocenters. The number of hydrogen-bond acceptors (Lipinski definition) is 3. The van der Waals surface area contributed by atoms with Crippen LogP contribution < -0.4 is 4.40 Å². The van der Waals surface area contributed by atoms with Crippen LogP contribution in [0.5, 0.6) is 0 Å². The molecular weight excluding hydrogens is 880 g/mol. The summed E-state index contributed by atoms with van der Waals surface area (Å²) < 4.78 is 21.1. The summed E-state index contributed by atoms with van der Waals surface area (Å²) in [6.07, 6.45) is 4.92. The van der Waals surface area contributed by atoms with Gasteiger partial charge in [0.05, 0.1) is 5.58 Å². The smallest absolute Gasteiger partial charge is 0 e. The van der Waals surface area contributed by atoms with Gasteiger partial charge in [0, 0.05) is 31.7 Å². The van der Waals surface area contributed by atoms with Gasteiger partial charge in [-0.25, -0.2) is 4.39 Å². The number of nitrogens with zero attached hydrogens (tertiary/aromatic N) is 2. The first-order chi connectivity index (χ1) is 24.2. The van der Waals surface area contributed by atoms with Gasteiger partial charge in [-0.3, -0.25) is 0 Å². The molecule has 0 N–H and O–H groups in total. The van der Waals surface area contributed by atoms with E-state index in [0.717, 1.165) is 62.0 Å². The Morgan fingerprint density at radius 2 is 1.54 bits per heavy atom. The molecule has 7 rings (SSSR count). The van der Waals surface area contributed by atoms with E-state index >= 15 is 0 Å². The van der Waals surface area contributed by atoms with Crippen molar-refractivity contribution in [3.05, 3.63) is 138 Å². The zero-order chi connectivity index (χ0) is 36.5. The first-order valence-electron chi connectivity index (χ1n) is 17.7. The number of aryl methyl sites for hydroxylation is 1. The van der Waals surface area contributed by atoms with E-state index in [-0.39, 0.29) is 31.3 Å². The molecule has 0 saturated carbocycles. The van der Waals surface area contributed by atoms with Crippen molar-refractivity contribution in [2.75, 3.05) is 0 Å². The first kappa shape index (κ1) is 39.3. The van der Waals surface area contributed by atoms with Gasteiger partial charge in [-0.05, 0) is 52.9 Å². The predicted molar refractivity (Wildman–Crippen MR) is 215 cm³/mol. The molecule has 0 bridgehead atoms. The summed E-state index contributed by atoms with van der Waals surface area (Å²) in [6, 6.07) is 36.1. The van der Waals surface area contributed by atoms with Gasteiger partial charge >= 0.3 is 126 Å². The van der Waals surface area contributed by atoms with Gasteiger partial charge < -0.3 is 9.40 Å².